The predicted molar refractivity (Wildman–Crippen MR) is 77.1 cm³/mol. The van der Waals surface area contributed by atoms with Gasteiger partial charge in [0.1, 0.15) is 0 Å². The van der Waals surface area contributed by atoms with Gasteiger partial charge in [-0.15, -0.1) is 0 Å². The van der Waals surface area contributed by atoms with Gasteiger partial charge < -0.3 is 5.32 Å². The van der Waals surface area contributed by atoms with Gasteiger partial charge in [-0.2, -0.15) is 5.10 Å². The molecule has 0 aromatic carbocycles. The van der Waals surface area contributed by atoms with Crippen molar-refractivity contribution in [2.45, 2.75) is 63.7 Å². The van der Waals surface area contributed by atoms with Gasteiger partial charge in [0, 0.05) is 37.1 Å². The molecule has 3 rings (SSSR count). The van der Waals surface area contributed by atoms with E-state index >= 15 is 0 Å². The average Bonchev–Trinajstić information content (AvgIpc) is 2.89. The highest BCUT2D eigenvalue weighted by Gasteiger charge is 2.37. The Bertz CT molecular complexity index is 362. The Labute approximate surface area is 116 Å². The lowest BCUT2D eigenvalue weighted by molar-refractivity contribution is 0.0216. The van der Waals surface area contributed by atoms with Crippen molar-refractivity contribution >= 4 is 0 Å². The van der Waals surface area contributed by atoms with E-state index in [2.05, 4.69) is 33.1 Å². The summed E-state index contributed by atoms with van der Waals surface area (Å²) in [6.07, 6.45) is 10.8. The summed E-state index contributed by atoms with van der Waals surface area (Å²) in [6, 6.07) is 4.36. The lowest BCUT2D eigenvalue weighted by Crippen LogP contribution is -2.56. The highest BCUT2D eigenvalue weighted by Crippen LogP contribution is 2.33. The van der Waals surface area contributed by atoms with Crippen LogP contribution >= 0.6 is 0 Å². The van der Waals surface area contributed by atoms with Crippen molar-refractivity contribution in [3.05, 3.63) is 18.5 Å². The van der Waals surface area contributed by atoms with Crippen molar-refractivity contribution in [3.8, 4) is 0 Å². The summed E-state index contributed by atoms with van der Waals surface area (Å²) >= 11 is 0. The van der Waals surface area contributed by atoms with Crippen LogP contribution in [0.15, 0.2) is 18.5 Å². The molecule has 1 N–H and O–H groups in total. The van der Waals surface area contributed by atoms with Crippen molar-refractivity contribution in [2.24, 2.45) is 0 Å². The summed E-state index contributed by atoms with van der Waals surface area (Å²) in [4.78, 5) is 2.76. The van der Waals surface area contributed by atoms with Gasteiger partial charge in [0.2, 0.25) is 0 Å². The smallest absolute Gasteiger partial charge is 0.0536 e. The minimum Gasteiger partial charge on any atom is -0.314 e. The lowest BCUT2D eigenvalue weighted by Gasteiger charge is -2.49. The summed E-state index contributed by atoms with van der Waals surface area (Å²) in [7, 11) is 0. The van der Waals surface area contributed by atoms with Crippen molar-refractivity contribution in [1.82, 2.24) is 20.0 Å². The first-order valence-corrected chi connectivity index (χ1v) is 7.83. The molecule has 2 aliphatic heterocycles. The summed E-state index contributed by atoms with van der Waals surface area (Å²) in [5.74, 6) is 0. The largest absolute Gasteiger partial charge is 0.314 e. The van der Waals surface area contributed by atoms with Crippen LogP contribution in [0.25, 0.3) is 0 Å². The Morgan fingerprint density at radius 1 is 1.21 bits per heavy atom. The summed E-state index contributed by atoms with van der Waals surface area (Å²) in [6.45, 7) is 5.53. The van der Waals surface area contributed by atoms with E-state index in [9.17, 15) is 0 Å². The molecule has 4 nitrogen and oxygen atoms in total. The molecule has 0 spiro atoms. The van der Waals surface area contributed by atoms with Gasteiger partial charge >= 0.3 is 0 Å². The molecule has 4 heteroatoms. The first-order chi connectivity index (χ1) is 9.36. The molecule has 2 fully saturated rings. The van der Waals surface area contributed by atoms with Gasteiger partial charge in [-0.3, -0.25) is 9.58 Å². The zero-order valence-electron chi connectivity index (χ0n) is 12.0. The number of nitrogens with zero attached hydrogens (tertiary/aromatic N) is 3. The molecular formula is C15H26N4. The van der Waals surface area contributed by atoms with Crippen LogP contribution in [0.2, 0.25) is 0 Å². The average molecular weight is 262 g/mol. The Kier molecular flexibility index (Phi) is 4.18. The van der Waals surface area contributed by atoms with Gasteiger partial charge in [-0.25, -0.2) is 0 Å². The van der Waals surface area contributed by atoms with Gasteiger partial charge in [0.15, 0.2) is 0 Å². The molecule has 2 saturated heterocycles. The van der Waals surface area contributed by atoms with E-state index in [4.69, 9.17) is 0 Å². The summed E-state index contributed by atoms with van der Waals surface area (Å²) in [5, 5.41) is 7.98. The maximum atomic E-state index is 4.32. The van der Waals surface area contributed by atoms with Gasteiger partial charge in [-0.1, -0.05) is 13.3 Å². The first-order valence-electron chi connectivity index (χ1n) is 7.83. The van der Waals surface area contributed by atoms with Crippen LogP contribution in [0.1, 0.15) is 39.0 Å². The predicted octanol–water partition coefficient (Wildman–Crippen LogP) is 1.88. The molecule has 2 bridgehead atoms. The third kappa shape index (κ3) is 3.00. The lowest BCUT2D eigenvalue weighted by atomic mass is 9.81. The minimum atomic E-state index is 0.751. The second-order valence-electron chi connectivity index (χ2n) is 5.97. The number of nitrogens with one attached hydrogen (secondary N) is 1. The van der Waals surface area contributed by atoms with Crippen LogP contribution in [0, 0.1) is 0 Å². The number of rotatable bonds is 5. The number of hydrogen-bond donors (Lipinski definition) is 1. The molecular weight excluding hydrogens is 236 g/mol. The summed E-state index contributed by atoms with van der Waals surface area (Å²) in [5.41, 5.74) is 0. The second kappa shape index (κ2) is 6.06. The highest BCUT2D eigenvalue weighted by molar-refractivity contribution is 4.95. The monoisotopic (exact) mass is 262 g/mol. The fourth-order valence-electron chi connectivity index (χ4n) is 3.95. The second-order valence-corrected chi connectivity index (χ2v) is 5.97. The quantitative estimate of drug-likeness (QED) is 0.879. The number of piperidine rings is 2. The van der Waals surface area contributed by atoms with Crippen LogP contribution in [-0.4, -0.2) is 45.9 Å². The van der Waals surface area contributed by atoms with E-state index in [1.54, 1.807) is 0 Å². The molecule has 2 aliphatic rings. The van der Waals surface area contributed by atoms with Gasteiger partial charge in [0.25, 0.3) is 0 Å². The Balaban J connectivity index is 1.59. The van der Waals surface area contributed by atoms with Crippen LogP contribution in [-0.2, 0) is 6.54 Å². The van der Waals surface area contributed by atoms with Crippen molar-refractivity contribution in [1.29, 1.82) is 0 Å². The van der Waals surface area contributed by atoms with E-state index in [0.717, 1.165) is 37.8 Å². The van der Waals surface area contributed by atoms with Gasteiger partial charge in [0.05, 0.1) is 6.54 Å². The molecule has 2 atom stereocenters. The first kappa shape index (κ1) is 13.1. The molecule has 0 saturated carbocycles. The molecule has 19 heavy (non-hydrogen) atoms. The molecule has 106 valence electrons. The zero-order valence-corrected chi connectivity index (χ0v) is 12.0. The van der Waals surface area contributed by atoms with Crippen molar-refractivity contribution < 1.29 is 0 Å². The molecule has 0 aliphatic carbocycles. The summed E-state index contributed by atoms with van der Waals surface area (Å²) < 4.78 is 2.06. The SMILES string of the molecule is CCNC1CC2CCCC(C1)N2CCn1cccn1. The van der Waals surface area contributed by atoms with Crippen LogP contribution in [0.4, 0.5) is 0 Å². The Hall–Kier alpha value is -0.870. The maximum absolute atomic E-state index is 4.32. The molecule has 1 aromatic rings. The zero-order chi connectivity index (χ0) is 13.1. The van der Waals surface area contributed by atoms with Crippen LogP contribution < -0.4 is 5.32 Å². The Morgan fingerprint density at radius 2 is 2.00 bits per heavy atom. The standard InChI is InChI=1S/C15H26N4/c1-2-16-13-11-14-5-3-6-15(12-13)19(14)10-9-18-8-4-7-17-18/h4,7-8,13-16H,2-3,5-6,9-12H2,1H3. The van der Waals surface area contributed by atoms with Crippen LogP contribution in [0.5, 0.6) is 0 Å². The normalized spacial score (nSPS) is 31.5. The van der Waals surface area contributed by atoms with E-state index in [1.807, 2.05) is 12.3 Å². The molecule has 0 radical (unpaired) electrons. The minimum absolute atomic E-state index is 0.751. The topological polar surface area (TPSA) is 33.1 Å². The Morgan fingerprint density at radius 3 is 2.63 bits per heavy atom. The number of aromatic nitrogens is 2. The van der Waals surface area contributed by atoms with Crippen molar-refractivity contribution in [3.63, 3.8) is 0 Å². The maximum Gasteiger partial charge on any atom is 0.0536 e. The fourth-order valence-corrected chi connectivity index (χ4v) is 3.95. The third-order valence-corrected chi connectivity index (χ3v) is 4.77. The van der Waals surface area contributed by atoms with Crippen molar-refractivity contribution in [2.75, 3.05) is 13.1 Å². The third-order valence-electron chi connectivity index (χ3n) is 4.77. The molecule has 3 heterocycles. The fraction of sp³-hybridized carbons (Fsp3) is 0.800. The molecule has 0 amide bonds. The van der Waals surface area contributed by atoms with E-state index in [-0.39, 0.29) is 0 Å². The van der Waals surface area contributed by atoms with E-state index in [0.29, 0.717) is 0 Å². The molecule has 1 aromatic heterocycles. The highest BCUT2D eigenvalue weighted by atomic mass is 15.3. The van der Waals surface area contributed by atoms with Gasteiger partial charge in [-0.05, 0) is 38.3 Å². The number of fused-ring (bicyclic) bond motifs is 2. The molecule has 2 unspecified atom stereocenters. The van der Waals surface area contributed by atoms with E-state index in [1.165, 1.54) is 32.1 Å². The van der Waals surface area contributed by atoms with E-state index < -0.39 is 0 Å². The van der Waals surface area contributed by atoms with Crippen LogP contribution in [0.3, 0.4) is 0 Å². The number of hydrogen-bond acceptors (Lipinski definition) is 3.